The molecule has 0 spiro atoms. The summed E-state index contributed by atoms with van der Waals surface area (Å²) in [7, 11) is 0. The van der Waals surface area contributed by atoms with Crippen molar-refractivity contribution in [1.82, 2.24) is 0 Å². The third-order valence-corrected chi connectivity index (χ3v) is 8.08. The zero-order valence-corrected chi connectivity index (χ0v) is 17.1. The van der Waals surface area contributed by atoms with Gasteiger partial charge in [-0.1, -0.05) is 81.6 Å². The molecule has 1 saturated carbocycles. The summed E-state index contributed by atoms with van der Waals surface area (Å²) in [6.45, 7) is 22.1. The van der Waals surface area contributed by atoms with Crippen molar-refractivity contribution in [3.63, 3.8) is 0 Å². The van der Waals surface area contributed by atoms with Crippen LogP contribution in [0.5, 0.6) is 0 Å². The molecule has 1 aliphatic carbocycles. The first-order valence-electron chi connectivity index (χ1n) is 10.1. The van der Waals surface area contributed by atoms with Crippen LogP contribution in [-0.4, -0.2) is 0 Å². The van der Waals surface area contributed by atoms with E-state index >= 15 is 0 Å². The lowest BCUT2D eigenvalue weighted by atomic mass is 9.64. The van der Waals surface area contributed by atoms with E-state index < -0.39 is 0 Å². The highest BCUT2D eigenvalue weighted by Gasteiger charge is 2.53. The first kappa shape index (κ1) is 20.0. The predicted octanol–water partition coefficient (Wildman–Crippen LogP) is 7.57. The Labute approximate surface area is 141 Å². The van der Waals surface area contributed by atoms with Gasteiger partial charge < -0.3 is 0 Å². The summed E-state index contributed by atoms with van der Waals surface area (Å²) in [5.41, 5.74) is 1.18. The maximum atomic E-state index is 2.52. The van der Waals surface area contributed by atoms with Crippen molar-refractivity contribution in [2.45, 2.75) is 101 Å². The molecular weight excluding hydrogens is 264 g/mol. The Hall–Kier alpha value is 0. The van der Waals surface area contributed by atoms with Gasteiger partial charge in [0.2, 0.25) is 0 Å². The molecule has 1 aliphatic rings. The van der Waals surface area contributed by atoms with E-state index in [9.17, 15) is 0 Å². The zero-order valence-electron chi connectivity index (χ0n) is 17.1. The highest BCUT2D eigenvalue weighted by Crippen LogP contribution is 2.62. The van der Waals surface area contributed by atoms with Crippen molar-refractivity contribution in [1.29, 1.82) is 0 Å². The van der Waals surface area contributed by atoms with Gasteiger partial charge in [0.05, 0.1) is 0 Å². The quantitative estimate of drug-likeness (QED) is 0.390. The third kappa shape index (κ3) is 4.30. The van der Waals surface area contributed by atoms with E-state index in [-0.39, 0.29) is 0 Å². The zero-order chi connectivity index (χ0) is 17.1. The molecule has 0 aromatic carbocycles. The smallest absolute Gasteiger partial charge is 0.0266 e. The van der Waals surface area contributed by atoms with Gasteiger partial charge in [0.1, 0.15) is 0 Å². The number of hydrogen-bond acceptors (Lipinski definition) is 0. The van der Waals surface area contributed by atoms with E-state index in [0.717, 1.165) is 29.6 Å². The second-order valence-corrected chi connectivity index (χ2v) is 9.47. The molecule has 0 nitrogen and oxygen atoms in total. The van der Waals surface area contributed by atoms with Gasteiger partial charge in [0.25, 0.3) is 0 Å². The van der Waals surface area contributed by atoms with Crippen molar-refractivity contribution in [2.75, 3.05) is 0 Å². The van der Waals surface area contributed by atoms with Crippen molar-refractivity contribution in [3.05, 3.63) is 0 Å². The van der Waals surface area contributed by atoms with Crippen molar-refractivity contribution in [2.24, 2.45) is 40.4 Å². The molecule has 0 N–H and O–H groups in total. The Morgan fingerprint density at radius 1 is 1.00 bits per heavy atom. The average Bonchev–Trinajstić information content (AvgIpc) is 3.17. The summed E-state index contributed by atoms with van der Waals surface area (Å²) in [6, 6.07) is 0. The molecule has 0 aromatic heterocycles. The monoisotopic (exact) mass is 308 g/mol. The lowest BCUT2D eigenvalue weighted by Gasteiger charge is -2.41. The molecule has 0 aliphatic heterocycles. The van der Waals surface area contributed by atoms with E-state index in [1.165, 1.54) is 38.5 Å². The van der Waals surface area contributed by atoms with Crippen LogP contribution < -0.4 is 0 Å². The molecule has 6 atom stereocenters. The molecule has 132 valence electrons. The molecule has 0 bridgehead atoms. The standard InChI is InChI=1S/C22H44/c1-10-16(4)14-22(12-3)15-20(22)13-17(5)19(7)21(8,9)18(6)11-2/h16-20H,10-15H2,1-9H3. The minimum absolute atomic E-state index is 0.467. The van der Waals surface area contributed by atoms with Gasteiger partial charge in [-0.3, -0.25) is 0 Å². The van der Waals surface area contributed by atoms with Crippen LogP contribution in [0.25, 0.3) is 0 Å². The van der Waals surface area contributed by atoms with Crippen LogP contribution in [0.1, 0.15) is 101 Å². The summed E-state index contributed by atoms with van der Waals surface area (Å²) in [6.07, 6.45) is 8.50. The third-order valence-electron chi connectivity index (χ3n) is 8.08. The van der Waals surface area contributed by atoms with Gasteiger partial charge in [0.15, 0.2) is 0 Å². The molecular formula is C22H44. The minimum atomic E-state index is 0.467. The summed E-state index contributed by atoms with van der Waals surface area (Å²) >= 11 is 0. The fourth-order valence-electron chi connectivity index (χ4n) is 4.79. The Bertz CT molecular complexity index is 329. The lowest BCUT2D eigenvalue weighted by Crippen LogP contribution is -2.33. The molecule has 0 heteroatoms. The number of hydrogen-bond donors (Lipinski definition) is 0. The van der Waals surface area contributed by atoms with E-state index in [0.29, 0.717) is 10.8 Å². The average molecular weight is 309 g/mol. The van der Waals surface area contributed by atoms with Crippen LogP contribution in [0.2, 0.25) is 0 Å². The molecule has 22 heavy (non-hydrogen) atoms. The van der Waals surface area contributed by atoms with Crippen LogP contribution >= 0.6 is 0 Å². The van der Waals surface area contributed by atoms with E-state index in [1.807, 2.05) is 0 Å². The molecule has 0 saturated heterocycles. The van der Waals surface area contributed by atoms with Crippen molar-refractivity contribution in [3.8, 4) is 0 Å². The highest BCUT2D eigenvalue weighted by molar-refractivity contribution is 5.02. The maximum absolute atomic E-state index is 2.52. The second kappa shape index (κ2) is 7.71. The maximum Gasteiger partial charge on any atom is -0.0266 e. The lowest BCUT2D eigenvalue weighted by molar-refractivity contribution is 0.0845. The van der Waals surface area contributed by atoms with Gasteiger partial charge >= 0.3 is 0 Å². The first-order valence-corrected chi connectivity index (χ1v) is 10.1. The van der Waals surface area contributed by atoms with Gasteiger partial charge in [-0.05, 0) is 59.7 Å². The van der Waals surface area contributed by atoms with E-state index in [2.05, 4.69) is 62.3 Å². The Kier molecular flexibility index (Phi) is 7.03. The fraction of sp³-hybridized carbons (Fsp3) is 1.00. The molecule has 0 heterocycles. The molecule has 1 fully saturated rings. The fourth-order valence-corrected chi connectivity index (χ4v) is 4.79. The molecule has 0 amide bonds. The van der Waals surface area contributed by atoms with Crippen LogP contribution in [0.3, 0.4) is 0 Å². The normalized spacial score (nSPS) is 30.7. The molecule has 6 unspecified atom stereocenters. The molecule has 0 radical (unpaired) electrons. The molecule has 0 aromatic rings. The first-order chi connectivity index (χ1) is 10.1. The SMILES string of the molecule is CCC(C)CC1(CC)CC1CC(C)C(C)C(C)(C)C(C)CC. The van der Waals surface area contributed by atoms with Gasteiger partial charge in [0, 0.05) is 0 Å². The van der Waals surface area contributed by atoms with E-state index in [1.54, 1.807) is 0 Å². The van der Waals surface area contributed by atoms with E-state index in [4.69, 9.17) is 0 Å². The predicted molar refractivity (Wildman–Crippen MR) is 101 cm³/mol. The Balaban J connectivity index is 2.61. The largest absolute Gasteiger partial charge is 0.0651 e. The van der Waals surface area contributed by atoms with Crippen molar-refractivity contribution >= 4 is 0 Å². The van der Waals surface area contributed by atoms with Crippen molar-refractivity contribution < 1.29 is 0 Å². The van der Waals surface area contributed by atoms with Crippen LogP contribution in [0, 0.1) is 40.4 Å². The summed E-state index contributed by atoms with van der Waals surface area (Å²) < 4.78 is 0. The summed E-state index contributed by atoms with van der Waals surface area (Å²) in [5, 5.41) is 0. The highest BCUT2D eigenvalue weighted by atomic mass is 14.6. The molecule has 1 rings (SSSR count). The van der Waals surface area contributed by atoms with Gasteiger partial charge in [-0.15, -0.1) is 0 Å². The Morgan fingerprint density at radius 3 is 2.05 bits per heavy atom. The Morgan fingerprint density at radius 2 is 1.59 bits per heavy atom. The van der Waals surface area contributed by atoms with Gasteiger partial charge in [-0.2, -0.15) is 0 Å². The summed E-state index contributed by atoms with van der Waals surface area (Å²) in [5.74, 6) is 4.42. The second-order valence-electron chi connectivity index (χ2n) is 9.47. The van der Waals surface area contributed by atoms with Crippen LogP contribution in [-0.2, 0) is 0 Å². The topological polar surface area (TPSA) is 0 Å². The summed E-state index contributed by atoms with van der Waals surface area (Å²) in [4.78, 5) is 0. The number of rotatable bonds is 10. The van der Waals surface area contributed by atoms with Crippen LogP contribution in [0.15, 0.2) is 0 Å². The van der Waals surface area contributed by atoms with Crippen LogP contribution in [0.4, 0.5) is 0 Å². The van der Waals surface area contributed by atoms with Gasteiger partial charge in [-0.25, -0.2) is 0 Å². The minimum Gasteiger partial charge on any atom is -0.0651 e.